The molecule has 4 rings (SSSR count). The van der Waals surface area contributed by atoms with Crippen molar-refractivity contribution in [1.82, 2.24) is 5.01 Å². The molecule has 0 saturated heterocycles. The molecule has 2 aliphatic heterocycles. The first-order valence-electron chi connectivity index (χ1n) is 10.4. The van der Waals surface area contributed by atoms with Gasteiger partial charge in [-0.3, -0.25) is 10.2 Å². The minimum Gasteiger partial charge on any atom is -0.493 e. The van der Waals surface area contributed by atoms with Crippen LogP contribution in [0.15, 0.2) is 64.2 Å². The molecule has 1 N–H and O–H groups in total. The van der Waals surface area contributed by atoms with Crippen LogP contribution < -0.4 is 9.47 Å². The number of carbonyl (C=O) groups excluding carboxylic acids is 1. The first-order valence-corrected chi connectivity index (χ1v) is 11.3. The van der Waals surface area contributed by atoms with E-state index in [4.69, 9.17) is 14.9 Å². The van der Waals surface area contributed by atoms with Gasteiger partial charge in [0.05, 0.1) is 23.8 Å². The Morgan fingerprint density at radius 2 is 1.66 bits per heavy atom. The number of ether oxygens (including phenoxy) is 2. The van der Waals surface area contributed by atoms with E-state index in [0.29, 0.717) is 18.4 Å². The Hall–Kier alpha value is -3.39. The van der Waals surface area contributed by atoms with Crippen LogP contribution in [0.4, 0.5) is 0 Å². The molecule has 0 saturated carbocycles. The number of nitrogens with zero attached hydrogens (tertiary/aromatic N) is 3. The number of fused-ring (bicyclic) bond motifs is 1. The van der Waals surface area contributed by atoms with E-state index in [1.807, 2.05) is 43.3 Å². The van der Waals surface area contributed by atoms with Gasteiger partial charge < -0.3 is 9.47 Å². The van der Waals surface area contributed by atoms with E-state index in [1.54, 1.807) is 6.08 Å². The van der Waals surface area contributed by atoms with Gasteiger partial charge in [0.15, 0.2) is 5.84 Å². The van der Waals surface area contributed by atoms with Crippen molar-refractivity contribution >= 4 is 39.8 Å². The summed E-state index contributed by atoms with van der Waals surface area (Å²) in [5.74, 6) is 1.21. The van der Waals surface area contributed by atoms with Crippen molar-refractivity contribution in [1.29, 1.82) is 5.41 Å². The van der Waals surface area contributed by atoms with Gasteiger partial charge in [0.1, 0.15) is 11.5 Å². The van der Waals surface area contributed by atoms with Gasteiger partial charge >= 0.3 is 0 Å². The van der Waals surface area contributed by atoms with Crippen LogP contribution in [-0.4, -0.2) is 40.2 Å². The fourth-order valence-electron chi connectivity index (χ4n) is 3.18. The van der Waals surface area contributed by atoms with Crippen molar-refractivity contribution in [3.05, 3.63) is 65.2 Å². The summed E-state index contributed by atoms with van der Waals surface area (Å²) in [5.41, 5.74) is 2.29. The Morgan fingerprint density at radius 3 is 2.28 bits per heavy atom. The van der Waals surface area contributed by atoms with Gasteiger partial charge in [0.25, 0.3) is 5.91 Å². The van der Waals surface area contributed by atoms with Crippen LogP contribution in [0.25, 0.3) is 6.08 Å². The van der Waals surface area contributed by atoms with Gasteiger partial charge in [0.2, 0.25) is 5.17 Å². The number of hydrazone groups is 1. The number of carbonyl (C=O) groups is 1. The molecule has 2 heterocycles. The molecule has 0 unspecified atom stereocenters. The number of aryl methyl sites for hydroxylation is 1. The summed E-state index contributed by atoms with van der Waals surface area (Å²) in [7, 11) is 0. The normalized spacial score (nSPS) is 16.7. The molecule has 32 heavy (non-hydrogen) atoms. The highest BCUT2D eigenvalue weighted by Crippen LogP contribution is 2.28. The second kappa shape index (κ2) is 9.82. The van der Waals surface area contributed by atoms with Crippen molar-refractivity contribution in [2.75, 3.05) is 13.2 Å². The number of amidine groups is 2. The zero-order valence-electron chi connectivity index (χ0n) is 18.0. The summed E-state index contributed by atoms with van der Waals surface area (Å²) in [5, 5.41) is 15.1. The SMILES string of the molecule is CCc1ccc(OCCCOc2ccc(/C=C3/C(=N)N4N=C(C)SC4=NC3=O)cc2)cc1. The number of hydrogen-bond acceptors (Lipinski definition) is 6. The predicted molar refractivity (Wildman–Crippen MR) is 129 cm³/mol. The molecule has 2 aliphatic rings. The molecule has 0 atom stereocenters. The third-order valence-electron chi connectivity index (χ3n) is 4.90. The van der Waals surface area contributed by atoms with Gasteiger partial charge in [-0.2, -0.15) is 15.1 Å². The summed E-state index contributed by atoms with van der Waals surface area (Å²) in [6.45, 7) is 5.07. The fourth-order valence-corrected chi connectivity index (χ4v) is 3.91. The Balaban J connectivity index is 1.28. The van der Waals surface area contributed by atoms with Crippen LogP contribution in [0.3, 0.4) is 0 Å². The van der Waals surface area contributed by atoms with E-state index < -0.39 is 5.91 Å². The molecular weight excluding hydrogens is 424 g/mol. The summed E-state index contributed by atoms with van der Waals surface area (Å²) in [6, 6.07) is 15.5. The first kappa shape index (κ1) is 21.8. The molecule has 0 radical (unpaired) electrons. The maximum atomic E-state index is 12.3. The quantitative estimate of drug-likeness (QED) is 0.466. The van der Waals surface area contributed by atoms with Crippen LogP contribution >= 0.6 is 11.8 Å². The average Bonchev–Trinajstić information content (AvgIpc) is 3.18. The summed E-state index contributed by atoms with van der Waals surface area (Å²) >= 11 is 1.29. The first-order chi connectivity index (χ1) is 15.5. The van der Waals surface area contributed by atoms with Crippen LogP contribution in [0.2, 0.25) is 0 Å². The molecule has 2 aromatic rings. The maximum absolute atomic E-state index is 12.3. The van der Waals surface area contributed by atoms with E-state index in [-0.39, 0.29) is 11.4 Å². The Morgan fingerprint density at radius 1 is 1.03 bits per heavy atom. The van der Waals surface area contributed by atoms with Crippen molar-refractivity contribution in [3.63, 3.8) is 0 Å². The Labute approximate surface area is 191 Å². The van der Waals surface area contributed by atoms with Gasteiger partial charge in [-0.25, -0.2) is 0 Å². The fraction of sp³-hybridized carbons (Fsp3) is 0.250. The van der Waals surface area contributed by atoms with E-state index in [0.717, 1.165) is 34.9 Å². The van der Waals surface area contributed by atoms with Crippen LogP contribution in [0.5, 0.6) is 11.5 Å². The Bertz CT molecular complexity index is 1110. The lowest BCUT2D eigenvalue weighted by Gasteiger charge is -2.20. The lowest BCUT2D eigenvalue weighted by Crippen LogP contribution is -2.35. The number of amides is 1. The molecule has 0 spiro atoms. The van der Waals surface area contributed by atoms with Crippen molar-refractivity contribution in [2.45, 2.75) is 26.7 Å². The monoisotopic (exact) mass is 448 g/mol. The molecule has 1 amide bonds. The molecule has 164 valence electrons. The molecule has 7 nitrogen and oxygen atoms in total. The number of nitrogens with one attached hydrogen (secondary N) is 1. The number of thioether (sulfide) groups is 1. The molecule has 8 heteroatoms. The molecule has 0 aromatic heterocycles. The largest absolute Gasteiger partial charge is 0.493 e. The van der Waals surface area contributed by atoms with Crippen molar-refractivity contribution in [2.24, 2.45) is 10.1 Å². The Kier molecular flexibility index (Phi) is 6.70. The highest BCUT2D eigenvalue weighted by molar-refractivity contribution is 8.26. The maximum Gasteiger partial charge on any atom is 0.283 e. The second-order valence-electron chi connectivity index (χ2n) is 7.26. The number of rotatable bonds is 8. The highest BCUT2D eigenvalue weighted by Gasteiger charge is 2.34. The molecule has 0 aliphatic carbocycles. The molecule has 0 fully saturated rings. The standard InChI is InChI=1S/C24H24N4O3S/c1-3-17-5-9-19(10-6-17)30-13-4-14-31-20-11-7-18(8-12-20)15-21-22(25)28-24(26-23(21)29)32-16(2)27-28/h5-12,15,25H,3-4,13-14H2,1-2H3/b21-15-,25-22?. The highest BCUT2D eigenvalue weighted by atomic mass is 32.2. The summed E-state index contributed by atoms with van der Waals surface area (Å²) in [4.78, 5) is 16.4. The third kappa shape index (κ3) is 5.08. The van der Waals surface area contributed by atoms with Gasteiger partial charge in [-0.05, 0) is 66.6 Å². The summed E-state index contributed by atoms with van der Waals surface area (Å²) < 4.78 is 11.5. The lowest BCUT2D eigenvalue weighted by molar-refractivity contribution is -0.114. The predicted octanol–water partition coefficient (Wildman–Crippen LogP) is 4.74. The second-order valence-corrected chi connectivity index (χ2v) is 8.42. The third-order valence-corrected chi connectivity index (χ3v) is 5.73. The van der Waals surface area contributed by atoms with Gasteiger partial charge in [-0.1, -0.05) is 31.2 Å². The van der Waals surface area contributed by atoms with E-state index in [9.17, 15) is 4.79 Å². The summed E-state index contributed by atoms with van der Waals surface area (Å²) in [6.07, 6.45) is 3.44. The van der Waals surface area contributed by atoms with Crippen molar-refractivity contribution < 1.29 is 14.3 Å². The zero-order chi connectivity index (χ0) is 22.5. The minimum atomic E-state index is -0.427. The molecular formula is C24H24N4O3S. The van der Waals surface area contributed by atoms with Crippen molar-refractivity contribution in [3.8, 4) is 11.5 Å². The molecule has 2 aromatic carbocycles. The zero-order valence-corrected chi connectivity index (χ0v) is 18.8. The average molecular weight is 449 g/mol. The topological polar surface area (TPSA) is 87.3 Å². The van der Waals surface area contributed by atoms with Crippen LogP contribution in [0.1, 0.15) is 31.4 Å². The number of benzene rings is 2. The number of aliphatic imine (C=N–C) groups is 1. The minimum absolute atomic E-state index is 0.0361. The van der Waals surface area contributed by atoms with Crippen LogP contribution in [-0.2, 0) is 11.2 Å². The smallest absolute Gasteiger partial charge is 0.283 e. The van der Waals surface area contributed by atoms with E-state index in [2.05, 4.69) is 29.2 Å². The van der Waals surface area contributed by atoms with Gasteiger partial charge in [0, 0.05) is 6.42 Å². The lowest BCUT2D eigenvalue weighted by atomic mass is 10.1. The van der Waals surface area contributed by atoms with E-state index >= 15 is 0 Å². The van der Waals surface area contributed by atoms with Crippen LogP contribution in [0, 0.1) is 5.41 Å². The van der Waals surface area contributed by atoms with Gasteiger partial charge in [-0.15, -0.1) is 0 Å². The molecule has 0 bridgehead atoms. The number of hydrogen-bond donors (Lipinski definition) is 1. The van der Waals surface area contributed by atoms with E-state index in [1.165, 1.54) is 22.3 Å².